The Morgan fingerprint density at radius 1 is 1.39 bits per heavy atom. The topological polar surface area (TPSA) is 60.2 Å². The summed E-state index contributed by atoms with van der Waals surface area (Å²) in [5.74, 6) is 0.679. The van der Waals surface area contributed by atoms with E-state index < -0.39 is 6.10 Å². The van der Waals surface area contributed by atoms with Gasteiger partial charge in [-0.25, -0.2) is 9.97 Å². The fraction of sp³-hybridized carbons (Fsp3) is 0.412. The first-order chi connectivity index (χ1) is 11.2. The summed E-state index contributed by atoms with van der Waals surface area (Å²) >= 11 is 1.66. The summed E-state index contributed by atoms with van der Waals surface area (Å²) in [6.07, 6.45) is 1.71. The minimum absolute atomic E-state index is 0.157. The molecule has 0 amide bonds. The number of hydrogen-bond acceptors (Lipinski definition) is 5. The van der Waals surface area contributed by atoms with Crippen molar-refractivity contribution in [1.29, 1.82) is 0 Å². The molecule has 0 unspecified atom stereocenters. The third kappa shape index (κ3) is 2.78. The van der Waals surface area contributed by atoms with Crippen molar-refractivity contribution < 1.29 is 9.84 Å². The van der Waals surface area contributed by atoms with Crippen molar-refractivity contribution in [3.63, 3.8) is 0 Å². The average Bonchev–Trinajstić information content (AvgIpc) is 3.26. The molecule has 3 aromatic rings. The van der Waals surface area contributed by atoms with Crippen LogP contribution in [0.5, 0.6) is 0 Å². The Morgan fingerprint density at radius 3 is 3.04 bits per heavy atom. The van der Waals surface area contributed by atoms with Crippen molar-refractivity contribution in [3.8, 4) is 0 Å². The first-order valence-electron chi connectivity index (χ1n) is 7.91. The highest BCUT2D eigenvalue weighted by atomic mass is 32.1. The quantitative estimate of drug-likeness (QED) is 0.796. The molecule has 6 heteroatoms. The van der Waals surface area contributed by atoms with E-state index in [-0.39, 0.29) is 6.10 Å². The van der Waals surface area contributed by atoms with E-state index in [1.807, 2.05) is 28.8 Å². The maximum absolute atomic E-state index is 10.0. The molecule has 1 aliphatic heterocycles. The normalized spacial score (nSPS) is 19.5. The van der Waals surface area contributed by atoms with Crippen molar-refractivity contribution in [1.82, 2.24) is 14.5 Å². The van der Waals surface area contributed by atoms with E-state index in [1.54, 1.807) is 18.3 Å². The molecule has 1 aliphatic rings. The van der Waals surface area contributed by atoms with Gasteiger partial charge in [-0.3, -0.25) is 0 Å². The van der Waals surface area contributed by atoms with Gasteiger partial charge < -0.3 is 14.4 Å². The van der Waals surface area contributed by atoms with Crippen LogP contribution in [0, 0.1) is 0 Å². The van der Waals surface area contributed by atoms with E-state index in [1.165, 1.54) is 0 Å². The lowest BCUT2D eigenvalue weighted by Crippen LogP contribution is -2.08. The van der Waals surface area contributed by atoms with Gasteiger partial charge >= 0.3 is 0 Å². The van der Waals surface area contributed by atoms with E-state index >= 15 is 0 Å². The van der Waals surface area contributed by atoms with Crippen molar-refractivity contribution in [2.75, 3.05) is 6.61 Å². The predicted molar refractivity (Wildman–Crippen MR) is 89.5 cm³/mol. The number of nitrogens with zero attached hydrogens (tertiary/aromatic N) is 3. The van der Waals surface area contributed by atoms with Gasteiger partial charge in [-0.15, -0.1) is 11.3 Å². The largest absolute Gasteiger partial charge is 0.385 e. The van der Waals surface area contributed by atoms with Crippen LogP contribution in [-0.2, 0) is 11.3 Å². The number of aliphatic hydroxyl groups excluding tert-OH is 1. The van der Waals surface area contributed by atoms with Gasteiger partial charge in [-0.2, -0.15) is 0 Å². The Balaban J connectivity index is 1.68. The molecule has 0 bridgehead atoms. The van der Waals surface area contributed by atoms with Gasteiger partial charge in [0.15, 0.2) is 0 Å². The summed E-state index contributed by atoms with van der Waals surface area (Å²) in [7, 11) is 0. The molecule has 1 aromatic carbocycles. The Hall–Kier alpha value is -1.76. The number of benzene rings is 1. The Bertz CT molecular complexity index is 818. The van der Waals surface area contributed by atoms with Gasteiger partial charge in [0.1, 0.15) is 23.0 Å². The number of imidazole rings is 1. The molecule has 1 saturated heterocycles. The summed E-state index contributed by atoms with van der Waals surface area (Å²) in [6, 6.07) is 7.95. The number of aromatic nitrogens is 3. The minimum atomic E-state index is -0.612. The molecule has 2 aromatic heterocycles. The van der Waals surface area contributed by atoms with E-state index in [2.05, 4.69) is 10.4 Å². The van der Waals surface area contributed by atoms with Crippen LogP contribution in [0.1, 0.15) is 48.5 Å². The lowest BCUT2D eigenvalue weighted by Gasteiger charge is -2.09. The molecule has 0 spiro atoms. The van der Waals surface area contributed by atoms with Crippen molar-refractivity contribution in [3.05, 3.63) is 46.2 Å². The van der Waals surface area contributed by atoms with Crippen molar-refractivity contribution in [2.45, 2.75) is 38.5 Å². The first-order valence-corrected chi connectivity index (χ1v) is 8.79. The molecule has 120 valence electrons. The van der Waals surface area contributed by atoms with Gasteiger partial charge in [0.05, 0.1) is 23.3 Å². The average molecular weight is 329 g/mol. The number of hydrogen-bond donors (Lipinski definition) is 1. The number of fused-ring (bicyclic) bond motifs is 1. The molecule has 0 radical (unpaired) electrons. The maximum Gasteiger partial charge on any atom is 0.138 e. The number of rotatable bonds is 4. The van der Waals surface area contributed by atoms with Gasteiger partial charge in [0.2, 0.25) is 0 Å². The second kappa shape index (κ2) is 6.03. The predicted octanol–water partition coefficient (Wildman–Crippen LogP) is 3.45. The van der Waals surface area contributed by atoms with Crippen LogP contribution in [0.3, 0.4) is 0 Å². The fourth-order valence-corrected chi connectivity index (χ4v) is 3.95. The third-order valence-corrected chi connectivity index (χ3v) is 5.14. The third-order valence-electron chi connectivity index (χ3n) is 4.15. The number of aliphatic hydroxyl groups is 1. The molecule has 0 aliphatic carbocycles. The van der Waals surface area contributed by atoms with Gasteiger partial charge in [0, 0.05) is 12.0 Å². The summed E-state index contributed by atoms with van der Waals surface area (Å²) < 4.78 is 7.76. The highest BCUT2D eigenvalue weighted by molar-refractivity contribution is 7.09. The smallest absolute Gasteiger partial charge is 0.138 e. The Kier molecular flexibility index (Phi) is 3.88. The molecular formula is C17H19N3O2S. The zero-order valence-electron chi connectivity index (χ0n) is 13.0. The number of ether oxygens (including phenoxy) is 1. The fourth-order valence-electron chi connectivity index (χ4n) is 3.06. The Morgan fingerprint density at radius 2 is 2.26 bits per heavy atom. The van der Waals surface area contributed by atoms with Crippen LogP contribution in [0.25, 0.3) is 11.0 Å². The summed E-state index contributed by atoms with van der Waals surface area (Å²) in [4.78, 5) is 9.29. The second-order valence-electron chi connectivity index (χ2n) is 5.90. The maximum atomic E-state index is 10.0. The van der Waals surface area contributed by atoms with E-state index in [0.29, 0.717) is 12.4 Å². The van der Waals surface area contributed by atoms with Crippen molar-refractivity contribution in [2.24, 2.45) is 0 Å². The Labute approximate surface area is 138 Å². The second-order valence-corrected chi connectivity index (χ2v) is 6.79. The molecule has 3 heterocycles. The number of para-hydroxylation sites is 2. The summed E-state index contributed by atoms with van der Waals surface area (Å²) in [5, 5.41) is 13.2. The summed E-state index contributed by atoms with van der Waals surface area (Å²) in [5.41, 5.74) is 2.92. The molecule has 1 N–H and O–H groups in total. The molecule has 4 rings (SSSR count). The monoisotopic (exact) mass is 329 g/mol. The van der Waals surface area contributed by atoms with Crippen LogP contribution < -0.4 is 0 Å². The van der Waals surface area contributed by atoms with E-state index in [9.17, 15) is 5.11 Å². The first kappa shape index (κ1) is 14.8. The molecule has 2 atom stereocenters. The zero-order valence-corrected chi connectivity index (χ0v) is 13.8. The molecule has 5 nitrogen and oxygen atoms in total. The van der Waals surface area contributed by atoms with Gasteiger partial charge in [-0.05, 0) is 31.9 Å². The van der Waals surface area contributed by atoms with Crippen LogP contribution >= 0.6 is 11.3 Å². The number of thiazole rings is 1. The van der Waals surface area contributed by atoms with E-state index in [4.69, 9.17) is 9.72 Å². The lowest BCUT2D eigenvalue weighted by atomic mass is 10.2. The zero-order chi connectivity index (χ0) is 15.8. The minimum Gasteiger partial charge on any atom is -0.385 e. The molecular weight excluding hydrogens is 310 g/mol. The van der Waals surface area contributed by atoms with Gasteiger partial charge in [0.25, 0.3) is 0 Å². The summed E-state index contributed by atoms with van der Waals surface area (Å²) in [6.45, 7) is 3.19. The van der Waals surface area contributed by atoms with Crippen LogP contribution in [0.15, 0.2) is 29.6 Å². The van der Waals surface area contributed by atoms with Gasteiger partial charge in [-0.1, -0.05) is 12.1 Å². The molecule has 0 saturated carbocycles. The van der Waals surface area contributed by atoms with Crippen LogP contribution in [0.4, 0.5) is 0 Å². The highest BCUT2D eigenvalue weighted by Crippen LogP contribution is 2.31. The van der Waals surface area contributed by atoms with Crippen molar-refractivity contribution >= 4 is 22.4 Å². The van der Waals surface area contributed by atoms with Crippen LogP contribution in [0.2, 0.25) is 0 Å². The highest BCUT2D eigenvalue weighted by Gasteiger charge is 2.22. The standard InChI is InChI=1S/C17H19N3O2S/c1-11(21)16-19-13-5-2-3-6-14(13)20(16)9-12-10-23-17(18-12)15-7-4-8-22-15/h2-3,5-6,10-11,15,21H,4,7-9H2,1H3/t11-,15+/m0/s1. The SMILES string of the molecule is C[C@H](O)c1nc2ccccc2n1Cc1csc([C@H]2CCCO2)n1. The lowest BCUT2D eigenvalue weighted by molar-refractivity contribution is 0.111. The van der Waals surface area contributed by atoms with E-state index in [0.717, 1.165) is 41.2 Å². The van der Waals surface area contributed by atoms with Crippen LogP contribution in [-0.4, -0.2) is 26.2 Å². The molecule has 23 heavy (non-hydrogen) atoms. The molecule has 1 fully saturated rings.